The van der Waals surface area contributed by atoms with Crippen molar-refractivity contribution in [3.8, 4) is 22.3 Å². The van der Waals surface area contributed by atoms with Gasteiger partial charge in [-0.15, -0.1) is 11.8 Å². The van der Waals surface area contributed by atoms with Gasteiger partial charge in [0.15, 0.2) is 0 Å². The molecule has 0 radical (unpaired) electrons. The van der Waals surface area contributed by atoms with Gasteiger partial charge in [-0.3, -0.25) is 9.97 Å². The largest absolute Gasteiger partial charge is 0.444 e. The van der Waals surface area contributed by atoms with E-state index in [9.17, 15) is 14.4 Å². The van der Waals surface area contributed by atoms with Crippen LogP contribution in [0.3, 0.4) is 0 Å². The van der Waals surface area contributed by atoms with Gasteiger partial charge < -0.3 is 40.9 Å². The number of anilines is 3. The number of amides is 2. The summed E-state index contributed by atoms with van der Waals surface area (Å²) in [6, 6.07) is 15.9. The fraction of sp³-hybridized carbons (Fsp3) is 0.426. The van der Waals surface area contributed by atoms with Crippen LogP contribution in [0.1, 0.15) is 62.3 Å². The van der Waals surface area contributed by atoms with Crippen LogP contribution >= 0.6 is 11.8 Å². The number of aldehydes is 1. The van der Waals surface area contributed by atoms with Crippen molar-refractivity contribution in [1.82, 2.24) is 40.5 Å². The van der Waals surface area contributed by atoms with Crippen molar-refractivity contribution in [2.24, 2.45) is 17.8 Å². The lowest BCUT2D eigenvalue weighted by Gasteiger charge is -2.21. The topological polar surface area (TPSA) is 207 Å². The van der Waals surface area contributed by atoms with Gasteiger partial charge in [0.25, 0.3) is 0 Å². The Morgan fingerprint density at radius 2 is 1.03 bits per heavy atom. The molecule has 0 bridgehead atoms. The Labute approximate surface area is 382 Å². The third kappa shape index (κ3) is 22.1. The zero-order chi connectivity index (χ0) is 47.0. The first-order valence-corrected chi connectivity index (χ1v) is 22.3. The molecule has 3 unspecified atom stereocenters. The van der Waals surface area contributed by atoms with E-state index in [1.165, 1.54) is 0 Å². The second-order valence-electron chi connectivity index (χ2n) is 17.0. The summed E-state index contributed by atoms with van der Waals surface area (Å²) < 4.78 is 10.2. The van der Waals surface area contributed by atoms with E-state index >= 15 is 0 Å². The molecule has 64 heavy (non-hydrogen) atoms. The molecule has 344 valence electrons. The summed E-state index contributed by atoms with van der Waals surface area (Å²) in [5, 5.41) is 15.2. The number of hydrogen-bond acceptors (Lipinski definition) is 15. The van der Waals surface area contributed by atoms with Crippen molar-refractivity contribution in [2.45, 2.75) is 78.4 Å². The average molecular weight is 896 g/mol. The lowest BCUT2D eigenvalue weighted by atomic mass is 10.1. The normalized spacial score (nSPS) is 12.3. The molecule has 0 aliphatic rings. The van der Waals surface area contributed by atoms with Gasteiger partial charge in [-0.05, 0) is 96.0 Å². The standard InChI is InChI=1S/C19H22N6S.C19H26N4O2.C9H17NO3/c1-14(9-23-19-24-12-17(26-2)13-25-19)8-21-18-6-5-16(11-22-18)15-4-3-7-20-10-15;1-14(11-23-18(24)25-19(2,3)4)10-21-17-8-7-16(13-22-17)15-6-5-9-20-12-15;1-7(6-11)5-10-8(12)13-9(2,3)4/h3-7,10-14H,8-9H2,1-2H3,(H,21,22)(H,23,24,25);5-9,12-14H,10-11H2,1-4H3,(H,21,22)(H,23,24);6-7H,5H2,1-4H3,(H,10,12). The van der Waals surface area contributed by atoms with Gasteiger partial charge in [-0.1, -0.05) is 32.9 Å². The molecule has 2 amide bonds. The van der Waals surface area contributed by atoms with Crippen molar-refractivity contribution in [3.05, 3.63) is 98.1 Å². The molecule has 0 aliphatic heterocycles. The van der Waals surface area contributed by atoms with Crippen molar-refractivity contribution in [3.63, 3.8) is 0 Å². The van der Waals surface area contributed by atoms with Gasteiger partial charge in [-0.25, -0.2) is 29.5 Å². The minimum Gasteiger partial charge on any atom is -0.444 e. The predicted octanol–water partition coefficient (Wildman–Crippen LogP) is 8.88. The highest BCUT2D eigenvalue weighted by atomic mass is 32.2. The van der Waals surface area contributed by atoms with Gasteiger partial charge >= 0.3 is 12.2 Å². The lowest BCUT2D eigenvalue weighted by Crippen LogP contribution is -2.36. The van der Waals surface area contributed by atoms with Crippen molar-refractivity contribution >= 4 is 47.8 Å². The smallest absolute Gasteiger partial charge is 0.407 e. The summed E-state index contributed by atoms with van der Waals surface area (Å²) in [6.45, 7) is 20.0. The molecule has 5 heterocycles. The molecule has 5 aromatic rings. The maximum Gasteiger partial charge on any atom is 0.407 e. The molecule has 0 aromatic carbocycles. The number of thioether (sulfide) groups is 1. The second-order valence-corrected chi connectivity index (χ2v) is 17.9. The van der Waals surface area contributed by atoms with Crippen LogP contribution in [-0.4, -0.2) is 98.6 Å². The molecular formula is C47H65N11O5S. The predicted molar refractivity (Wildman–Crippen MR) is 256 cm³/mol. The number of nitrogens with one attached hydrogen (secondary N) is 5. The van der Waals surface area contributed by atoms with Crippen LogP contribution in [-0.2, 0) is 14.3 Å². The third-order valence-corrected chi connectivity index (χ3v) is 9.13. The SMILES string of the molecule is CC(C=O)CNC(=O)OC(C)(C)C.CC(CNC(=O)OC(C)(C)C)CNc1ccc(-c2cccnc2)cn1.CSc1cnc(NCC(C)CNc2ccc(-c3cccnc3)cn2)nc1. The number of rotatable bonds is 17. The first kappa shape index (κ1) is 52.0. The Balaban J connectivity index is 0.000000270. The zero-order valence-electron chi connectivity index (χ0n) is 38.7. The van der Waals surface area contributed by atoms with Crippen LogP contribution in [0.15, 0.2) is 103 Å². The van der Waals surface area contributed by atoms with Crippen LogP contribution in [0.5, 0.6) is 0 Å². The van der Waals surface area contributed by atoms with E-state index in [-0.39, 0.29) is 11.8 Å². The quantitative estimate of drug-likeness (QED) is 0.0436. The minimum atomic E-state index is -0.492. The maximum atomic E-state index is 11.6. The molecule has 16 nitrogen and oxygen atoms in total. The van der Waals surface area contributed by atoms with Gasteiger partial charge in [-0.2, -0.15) is 0 Å². The first-order chi connectivity index (χ1) is 30.4. The summed E-state index contributed by atoms with van der Waals surface area (Å²) in [6.07, 6.45) is 16.4. The van der Waals surface area contributed by atoms with Crippen LogP contribution in [0.25, 0.3) is 22.3 Å². The summed E-state index contributed by atoms with van der Waals surface area (Å²) in [5.74, 6) is 2.80. The fourth-order valence-electron chi connectivity index (χ4n) is 5.06. The average Bonchev–Trinajstić information content (AvgIpc) is 3.28. The number of ether oxygens (including phenoxy) is 2. The highest BCUT2D eigenvalue weighted by Gasteiger charge is 2.17. The lowest BCUT2D eigenvalue weighted by molar-refractivity contribution is -0.110. The van der Waals surface area contributed by atoms with E-state index in [0.29, 0.717) is 31.5 Å². The van der Waals surface area contributed by atoms with E-state index in [1.807, 2.05) is 114 Å². The van der Waals surface area contributed by atoms with Gasteiger partial charge in [0.05, 0.1) is 0 Å². The Bertz CT molecular complexity index is 2090. The highest BCUT2D eigenvalue weighted by molar-refractivity contribution is 7.98. The maximum absolute atomic E-state index is 11.6. The number of aromatic nitrogens is 6. The van der Waals surface area contributed by atoms with Crippen molar-refractivity contribution in [2.75, 3.05) is 54.9 Å². The van der Waals surface area contributed by atoms with Crippen LogP contribution in [0, 0.1) is 17.8 Å². The van der Waals surface area contributed by atoms with Crippen molar-refractivity contribution < 1.29 is 23.9 Å². The second kappa shape index (κ2) is 27.0. The van der Waals surface area contributed by atoms with Gasteiger partial charge in [0.1, 0.15) is 29.1 Å². The number of pyridine rings is 4. The number of alkyl carbamates (subject to hydrolysis) is 2. The van der Waals surface area contributed by atoms with Crippen molar-refractivity contribution in [1.29, 1.82) is 0 Å². The Hall–Kier alpha value is -6.36. The summed E-state index contributed by atoms with van der Waals surface area (Å²) >= 11 is 1.63. The Morgan fingerprint density at radius 3 is 1.42 bits per heavy atom. The molecule has 0 fully saturated rings. The van der Waals surface area contributed by atoms with Crippen LogP contribution < -0.4 is 26.6 Å². The molecule has 0 aliphatic carbocycles. The molecule has 0 saturated carbocycles. The summed E-state index contributed by atoms with van der Waals surface area (Å²) in [4.78, 5) is 59.7. The first-order valence-electron chi connectivity index (χ1n) is 21.1. The number of nitrogens with zero attached hydrogens (tertiary/aromatic N) is 6. The number of carbonyl (C=O) groups excluding carboxylic acids is 3. The van der Waals surface area contributed by atoms with Crippen LogP contribution in [0.2, 0.25) is 0 Å². The molecular weight excluding hydrogens is 831 g/mol. The van der Waals surface area contributed by atoms with Gasteiger partial charge in [0, 0.05) is 115 Å². The van der Waals surface area contributed by atoms with Crippen LogP contribution in [0.4, 0.5) is 27.2 Å². The summed E-state index contributed by atoms with van der Waals surface area (Å²) in [7, 11) is 0. The van der Waals surface area contributed by atoms with E-state index in [2.05, 4.69) is 69.5 Å². The number of hydrogen-bond donors (Lipinski definition) is 5. The molecule has 5 rings (SSSR count). The molecule has 0 saturated heterocycles. The monoisotopic (exact) mass is 895 g/mol. The van der Waals surface area contributed by atoms with E-state index in [0.717, 1.165) is 58.2 Å². The molecule has 3 atom stereocenters. The van der Waals surface area contributed by atoms with E-state index in [4.69, 9.17) is 9.47 Å². The van der Waals surface area contributed by atoms with Gasteiger partial charge in [0.2, 0.25) is 5.95 Å². The Kier molecular flexibility index (Phi) is 21.9. The highest BCUT2D eigenvalue weighted by Crippen LogP contribution is 2.20. The minimum absolute atomic E-state index is 0.174. The van der Waals surface area contributed by atoms with E-state index < -0.39 is 23.4 Å². The molecule has 0 spiro atoms. The molecule has 5 aromatic heterocycles. The molecule has 17 heteroatoms. The fourth-order valence-corrected chi connectivity index (χ4v) is 5.38. The zero-order valence-corrected chi connectivity index (χ0v) is 39.5. The number of carbonyl (C=O) groups is 3. The summed E-state index contributed by atoms with van der Waals surface area (Å²) in [5.41, 5.74) is 3.22. The van der Waals surface area contributed by atoms with E-state index in [1.54, 1.807) is 51.9 Å². The molecule has 5 N–H and O–H groups in total. The third-order valence-electron chi connectivity index (χ3n) is 8.45. The Morgan fingerprint density at radius 1 is 0.594 bits per heavy atom.